The van der Waals surface area contributed by atoms with Gasteiger partial charge in [-0.05, 0) is 12.5 Å². The van der Waals surface area contributed by atoms with E-state index >= 15 is 0 Å². The second-order valence-electron chi connectivity index (χ2n) is 3.88. The summed E-state index contributed by atoms with van der Waals surface area (Å²) in [7, 11) is 0. The van der Waals surface area contributed by atoms with Gasteiger partial charge < -0.3 is 5.32 Å². The Balaban J connectivity index is 1.87. The van der Waals surface area contributed by atoms with Gasteiger partial charge in [-0.15, -0.1) is 0 Å². The number of rotatable bonds is 3. The van der Waals surface area contributed by atoms with E-state index in [1.54, 1.807) is 0 Å². The van der Waals surface area contributed by atoms with Crippen LogP contribution in [0.5, 0.6) is 0 Å². The topological polar surface area (TPSA) is 65.2 Å². The van der Waals surface area contributed by atoms with Gasteiger partial charge in [-0.2, -0.15) is 0 Å². The molecule has 1 heterocycles. The second kappa shape index (κ2) is 4.96. The van der Waals surface area contributed by atoms with Crippen molar-refractivity contribution in [1.29, 1.82) is 0 Å². The molecule has 1 aliphatic rings. The van der Waals surface area contributed by atoms with E-state index in [0.29, 0.717) is 0 Å². The lowest BCUT2D eigenvalue weighted by atomic mass is 10.2. The predicted molar refractivity (Wildman–Crippen MR) is 61.3 cm³/mol. The third-order valence-corrected chi connectivity index (χ3v) is 2.57. The van der Waals surface area contributed by atoms with Crippen LogP contribution in [-0.4, -0.2) is 18.2 Å². The summed E-state index contributed by atoms with van der Waals surface area (Å²) in [5.74, 6) is 0. The van der Waals surface area contributed by atoms with Crippen molar-refractivity contribution in [3.8, 4) is 0 Å². The highest BCUT2D eigenvalue weighted by Crippen LogP contribution is 2.00. The molecule has 1 aromatic rings. The molecule has 1 fully saturated rings. The second-order valence-corrected chi connectivity index (χ2v) is 3.88. The molecule has 2 amide bonds. The lowest BCUT2D eigenvalue weighted by Crippen LogP contribution is -2.67. The number of hydrogen-bond acceptors (Lipinski definition) is 3. The van der Waals surface area contributed by atoms with Crippen molar-refractivity contribution in [1.82, 2.24) is 21.5 Å². The number of nitrogens with one attached hydrogen (secondary N) is 4. The number of urea groups is 1. The molecular formula is C11H16N4O. The van der Waals surface area contributed by atoms with Crippen LogP contribution in [0.25, 0.3) is 0 Å². The van der Waals surface area contributed by atoms with E-state index in [-0.39, 0.29) is 18.2 Å². The molecule has 0 spiro atoms. The lowest BCUT2D eigenvalue weighted by Gasteiger charge is -2.31. The maximum Gasteiger partial charge on any atom is 0.330 e. The number of benzene rings is 1. The van der Waals surface area contributed by atoms with Crippen molar-refractivity contribution < 1.29 is 4.79 Å². The van der Waals surface area contributed by atoms with Gasteiger partial charge in [0, 0.05) is 6.54 Å². The Labute approximate surface area is 94.6 Å². The van der Waals surface area contributed by atoms with Crippen molar-refractivity contribution in [2.75, 3.05) is 0 Å². The standard InChI is InChI=1S/C11H16N4O/c1-8-10(13-11(16)15-14-8)12-7-9-5-3-2-4-6-9/h2-6,8,10,12,14H,7H2,1H3,(H2,13,15,16). The van der Waals surface area contributed by atoms with Gasteiger partial charge in [-0.3, -0.25) is 10.7 Å². The van der Waals surface area contributed by atoms with Crippen molar-refractivity contribution in [2.45, 2.75) is 25.7 Å². The van der Waals surface area contributed by atoms with Crippen LogP contribution in [0.4, 0.5) is 4.79 Å². The third-order valence-electron chi connectivity index (χ3n) is 2.57. The van der Waals surface area contributed by atoms with Gasteiger partial charge in [0.15, 0.2) is 0 Å². The minimum absolute atomic E-state index is 0.0612. The van der Waals surface area contributed by atoms with Gasteiger partial charge in [0.2, 0.25) is 0 Å². The molecule has 86 valence electrons. The van der Waals surface area contributed by atoms with Crippen LogP contribution in [0, 0.1) is 0 Å². The molecule has 2 rings (SSSR count). The van der Waals surface area contributed by atoms with Crippen LogP contribution in [0.2, 0.25) is 0 Å². The summed E-state index contributed by atoms with van der Waals surface area (Å²) in [4.78, 5) is 11.1. The first-order valence-corrected chi connectivity index (χ1v) is 5.35. The Morgan fingerprint density at radius 3 is 2.81 bits per heavy atom. The first-order chi connectivity index (χ1) is 7.75. The number of hydrazine groups is 1. The van der Waals surface area contributed by atoms with E-state index in [1.165, 1.54) is 5.56 Å². The molecule has 0 bridgehead atoms. The fourth-order valence-electron chi connectivity index (χ4n) is 1.62. The Bertz CT molecular complexity index is 354. The SMILES string of the molecule is CC1NNC(=O)NC1NCc1ccccc1. The van der Waals surface area contributed by atoms with Crippen LogP contribution in [-0.2, 0) is 6.54 Å². The Kier molecular flexibility index (Phi) is 3.38. The summed E-state index contributed by atoms with van der Waals surface area (Å²) in [6.07, 6.45) is -0.0612. The summed E-state index contributed by atoms with van der Waals surface area (Å²) < 4.78 is 0. The molecule has 0 aromatic heterocycles. The van der Waals surface area contributed by atoms with Crippen LogP contribution >= 0.6 is 0 Å². The largest absolute Gasteiger partial charge is 0.330 e. The maximum absolute atomic E-state index is 11.1. The van der Waals surface area contributed by atoms with Crippen LogP contribution < -0.4 is 21.5 Å². The molecule has 5 heteroatoms. The van der Waals surface area contributed by atoms with Crippen LogP contribution in [0.3, 0.4) is 0 Å². The molecule has 0 radical (unpaired) electrons. The average molecular weight is 220 g/mol. The Morgan fingerprint density at radius 1 is 1.31 bits per heavy atom. The average Bonchev–Trinajstić information content (AvgIpc) is 2.32. The van der Waals surface area contributed by atoms with Gasteiger partial charge in [0.1, 0.15) is 0 Å². The van der Waals surface area contributed by atoms with Crippen molar-refractivity contribution >= 4 is 6.03 Å². The minimum Gasteiger partial charge on any atom is -0.320 e. The number of carbonyl (C=O) groups is 1. The summed E-state index contributed by atoms with van der Waals surface area (Å²) in [6, 6.07) is 10.0. The van der Waals surface area contributed by atoms with Gasteiger partial charge in [0.05, 0.1) is 12.2 Å². The number of hydrogen-bond donors (Lipinski definition) is 4. The fourth-order valence-corrected chi connectivity index (χ4v) is 1.62. The number of carbonyl (C=O) groups excluding carboxylic acids is 1. The summed E-state index contributed by atoms with van der Waals surface area (Å²) in [5, 5.41) is 6.10. The summed E-state index contributed by atoms with van der Waals surface area (Å²) in [6.45, 7) is 2.73. The van der Waals surface area contributed by atoms with E-state index in [2.05, 4.69) is 21.5 Å². The maximum atomic E-state index is 11.1. The molecule has 2 atom stereocenters. The molecule has 0 saturated carbocycles. The van der Waals surface area contributed by atoms with Crippen molar-refractivity contribution in [2.24, 2.45) is 0 Å². The Morgan fingerprint density at radius 2 is 2.06 bits per heavy atom. The van der Waals surface area contributed by atoms with E-state index in [9.17, 15) is 4.79 Å². The zero-order valence-electron chi connectivity index (χ0n) is 9.16. The minimum atomic E-state index is -0.205. The highest BCUT2D eigenvalue weighted by Gasteiger charge is 2.23. The van der Waals surface area contributed by atoms with Gasteiger partial charge in [-0.25, -0.2) is 10.2 Å². The van der Waals surface area contributed by atoms with Gasteiger partial charge >= 0.3 is 6.03 Å². The quantitative estimate of drug-likeness (QED) is 0.592. The van der Waals surface area contributed by atoms with E-state index in [1.807, 2.05) is 37.3 Å². The highest BCUT2D eigenvalue weighted by molar-refractivity contribution is 5.74. The first kappa shape index (κ1) is 10.9. The fraction of sp³-hybridized carbons (Fsp3) is 0.364. The van der Waals surface area contributed by atoms with Crippen LogP contribution in [0.1, 0.15) is 12.5 Å². The summed E-state index contributed by atoms with van der Waals surface area (Å²) in [5.41, 5.74) is 6.61. The molecule has 1 aliphatic heterocycles. The van der Waals surface area contributed by atoms with Crippen LogP contribution in [0.15, 0.2) is 30.3 Å². The highest BCUT2D eigenvalue weighted by atomic mass is 16.2. The normalized spacial score (nSPS) is 24.7. The molecule has 4 N–H and O–H groups in total. The van der Waals surface area contributed by atoms with Gasteiger partial charge in [0.25, 0.3) is 0 Å². The molecule has 0 aliphatic carbocycles. The number of amides is 2. The molecule has 1 aromatic carbocycles. The first-order valence-electron chi connectivity index (χ1n) is 5.35. The zero-order chi connectivity index (χ0) is 11.4. The predicted octanol–water partition coefficient (Wildman–Crippen LogP) is 0.308. The van der Waals surface area contributed by atoms with E-state index in [4.69, 9.17) is 0 Å². The molecule has 1 saturated heterocycles. The van der Waals surface area contributed by atoms with Gasteiger partial charge in [-0.1, -0.05) is 30.3 Å². The molecule has 2 unspecified atom stereocenters. The molecular weight excluding hydrogens is 204 g/mol. The zero-order valence-corrected chi connectivity index (χ0v) is 9.16. The summed E-state index contributed by atoms with van der Waals surface area (Å²) >= 11 is 0. The molecule has 5 nitrogen and oxygen atoms in total. The van der Waals surface area contributed by atoms with Crippen molar-refractivity contribution in [3.05, 3.63) is 35.9 Å². The smallest absolute Gasteiger partial charge is 0.320 e. The Hall–Kier alpha value is -1.59. The lowest BCUT2D eigenvalue weighted by molar-refractivity contribution is 0.200. The van der Waals surface area contributed by atoms with Crippen molar-refractivity contribution in [3.63, 3.8) is 0 Å². The molecule has 16 heavy (non-hydrogen) atoms. The third kappa shape index (κ3) is 2.71. The monoisotopic (exact) mass is 220 g/mol. The van der Waals surface area contributed by atoms with E-state index in [0.717, 1.165) is 6.54 Å². The van der Waals surface area contributed by atoms with E-state index < -0.39 is 0 Å².